The van der Waals surface area contributed by atoms with Gasteiger partial charge in [0.25, 0.3) is 0 Å². The van der Waals surface area contributed by atoms with Crippen LogP contribution in [-0.2, 0) is 0 Å². The Kier molecular flexibility index (Phi) is 5.39. The maximum Gasteiger partial charge on any atom is 0.137 e. The molecule has 0 saturated heterocycles. The summed E-state index contributed by atoms with van der Waals surface area (Å²) < 4.78 is 0. The second kappa shape index (κ2) is 6.37. The third-order valence-corrected chi connectivity index (χ3v) is 3.85. The molecular formula is C14H24ClN3. The fourth-order valence-corrected chi connectivity index (χ4v) is 1.79. The van der Waals surface area contributed by atoms with E-state index in [2.05, 4.69) is 49.9 Å². The van der Waals surface area contributed by atoms with Gasteiger partial charge >= 0.3 is 0 Å². The quantitative estimate of drug-likeness (QED) is 0.805. The summed E-state index contributed by atoms with van der Waals surface area (Å²) in [6.45, 7) is 12.7. The largest absolute Gasteiger partial charge is 0.367 e. The molecule has 0 bridgehead atoms. The lowest BCUT2D eigenvalue weighted by molar-refractivity contribution is 0.493. The van der Waals surface area contributed by atoms with Crippen molar-refractivity contribution in [2.75, 3.05) is 5.32 Å². The minimum absolute atomic E-state index is 0.280. The van der Waals surface area contributed by atoms with Gasteiger partial charge in [-0.3, -0.25) is 0 Å². The number of halogens is 1. The van der Waals surface area contributed by atoms with Crippen LogP contribution in [0.5, 0.6) is 0 Å². The van der Waals surface area contributed by atoms with Crippen molar-refractivity contribution in [3.05, 3.63) is 16.5 Å². The predicted octanol–water partition coefficient (Wildman–Crippen LogP) is 4.41. The monoisotopic (exact) mass is 269 g/mol. The zero-order valence-electron chi connectivity index (χ0n) is 12.2. The van der Waals surface area contributed by atoms with Crippen molar-refractivity contribution >= 4 is 17.4 Å². The smallest absolute Gasteiger partial charge is 0.137 e. The number of rotatable bonds is 5. The van der Waals surface area contributed by atoms with Gasteiger partial charge < -0.3 is 5.32 Å². The van der Waals surface area contributed by atoms with Crippen molar-refractivity contribution in [2.45, 2.75) is 59.9 Å². The van der Waals surface area contributed by atoms with Gasteiger partial charge in [0.05, 0.1) is 0 Å². The van der Waals surface area contributed by atoms with E-state index < -0.39 is 0 Å². The molecule has 0 aliphatic rings. The molecule has 0 aromatic carbocycles. The van der Waals surface area contributed by atoms with E-state index in [0.29, 0.717) is 17.1 Å². The number of aromatic nitrogens is 2. The molecule has 0 fully saturated rings. The molecule has 0 spiro atoms. The number of hydrogen-bond acceptors (Lipinski definition) is 3. The lowest BCUT2D eigenvalue weighted by Gasteiger charge is -2.22. The molecule has 3 nitrogen and oxygen atoms in total. The van der Waals surface area contributed by atoms with Gasteiger partial charge in [-0.25, -0.2) is 9.97 Å². The van der Waals surface area contributed by atoms with Crippen LogP contribution < -0.4 is 5.32 Å². The second-order valence-electron chi connectivity index (χ2n) is 5.32. The Morgan fingerprint density at radius 2 is 1.78 bits per heavy atom. The van der Waals surface area contributed by atoms with Crippen LogP contribution in [0.3, 0.4) is 0 Å². The van der Waals surface area contributed by atoms with Gasteiger partial charge in [0.1, 0.15) is 16.8 Å². The van der Waals surface area contributed by atoms with E-state index >= 15 is 0 Å². The third-order valence-electron chi connectivity index (χ3n) is 3.48. The molecule has 2 atom stereocenters. The minimum atomic E-state index is 0.280. The van der Waals surface area contributed by atoms with Crippen LogP contribution in [0.4, 0.5) is 5.82 Å². The SMILES string of the molecule is CCC(C)C(C)Nc1nc(C(C)C)nc(Cl)c1C. The van der Waals surface area contributed by atoms with E-state index in [4.69, 9.17) is 11.6 Å². The van der Waals surface area contributed by atoms with Gasteiger partial charge in [-0.1, -0.05) is 45.7 Å². The lowest BCUT2D eigenvalue weighted by atomic mass is 10.0. The number of nitrogens with one attached hydrogen (secondary N) is 1. The van der Waals surface area contributed by atoms with Crippen LogP contribution in [0.1, 0.15) is 58.3 Å². The van der Waals surface area contributed by atoms with Crippen molar-refractivity contribution in [2.24, 2.45) is 5.92 Å². The molecule has 0 amide bonds. The number of anilines is 1. The summed E-state index contributed by atoms with van der Waals surface area (Å²) in [6, 6.07) is 0.375. The van der Waals surface area contributed by atoms with Crippen molar-refractivity contribution < 1.29 is 0 Å². The van der Waals surface area contributed by atoms with Crippen molar-refractivity contribution in [1.82, 2.24) is 9.97 Å². The van der Waals surface area contributed by atoms with Crippen LogP contribution >= 0.6 is 11.6 Å². The van der Waals surface area contributed by atoms with Gasteiger partial charge in [-0.2, -0.15) is 0 Å². The Morgan fingerprint density at radius 3 is 2.28 bits per heavy atom. The molecule has 2 unspecified atom stereocenters. The van der Waals surface area contributed by atoms with Gasteiger partial charge in [0.15, 0.2) is 0 Å². The Balaban J connectivity index is 3.00. The Bertz CT molecular complexity index is 404. The summed E-state index contributed by atoms with van der Waals surface area (Å²) in [5, 5.41) is 4.01. The summed E-state index contributed by atoms with van der Waals surface area (Å²) in [5.41, 5.74) is 0.927. The van der Waals surface area contributed by atoms with Gasteiger partial charge in [-0.15, -0.1) is 0 Å². The molecular weight excluding hydrogens is 246 g/mol. The standard InChI is InChI=1S/C14H24ClN3/c1-7-9(4)11(6)16-14-10(5)12(15)17-13(18-14)8(2)3/h8-9,11H,7H2,1-6H3,(H,16,17,18). The molecule has 18 heavy (non-hydrogen) atoms. The molecule has 1 aromatic heterocycles. The van der Waals surface area contributed by atoms with Crippen LogP contribution in [-0.4, -0.2) is 16.0 Å². The van der Waals surface area contributed by atoms with Crippen LogP contribution in [0.25, 0.3) is 0 Å². The molecule has 1 N–H and O–H groups in total. The van der Waals surface area contributed by atoms with E-state index in [1.807, 2.05) is 6.92 Å². The normalized spacial score (nSPS) is 14.7. The molecule has 0 aliphatic heterocycles. The van der Waals surface area contributed by atoms with Crippen LogP contribution in [0.15, 0.2) is 0 Å². The Hall–Kier alpha value is -0.830. The summed E-state index contributed by atoms with van der Waals surface area (Å²) in [4.78, 5) is 8.90. The first-order valence-corrected chi connectivity index (χ1v) is 7.05. The first-order chi connectivity index (χ1) is 8.36. The van der Waals surface area contributed by atoms with Gasteiger partial charge in [0, 0.05) is 17.5 Å². The topological polar surface area (TPSA) is 37.8 Å². The minimum Gasteiger partial charge on any atom is -0.367 e. The van der Waals surface area contributed by atoms with E-state index in [0.717, 1.165) is 23.6 Å². The first-order valence-electron chi connectivity index (χ1n) is 6.67. The summed E-state index contributed by atoms with van der Waals surface area (Å²) >= 11 is 6.17. The number of hydrogen-bond donors (Lipinski definition) is 1. The first kappa shape index (κ1) is 15.2. The van der Waals surface area contributed by atoms with Crippen molar-refractivity contribution in [3.63, 3.8) is 0 Å². The Morgan fingerprint density at radius 1 is 1.17 bits per heavy atom. The van der Waals surface area contributed by atoms with Crippen LogP contribution in [0.2, 0.25) is 5.15 Å². The van der Waals surface area contributed by atoms with E-state index in [9.17, 15) is 0 Å². The fraction of sp³-hybridized carbons (Fsp3) is 0.714. The summed E-state index contributed by atoms with van der Waals surface area (Å²) in [7, 11) is 0. The predicted molar refractivity (Wildman–Crippen MR) is 78.4 cm³/mol. The average molecular weight is 270 g/mol. The van der Waals surface area contributed by atoms with E-state index in [1.54, 1.807) is 0 Å². The second-order valence-corrected chi connectivity index (χ2v) is 5.68. The molecule has 0 aliphatic carbocycles. The van der Waals surface area contributed by atoms with Gasteiger partial charge in [-0.05, 0) is 19.8 Å². The maximum atomic E-state index is 6.17. The Labute approximate surface area is 115 Å². The van der Waals surface area contributed by atoms with Crippen molar-refractivity contribution in [3.8, 4) is 0 Å². The molecule has 102 valence electrons. The summed E-state index contributed by atoms with van der Waals surface area (Å²) in [5.74, 6) is 2.54. The molecule has 1 rings (SSSR count). The fourth-order valence-electron chi connectivity index (χ4n) is 1.62. The zero-order chi connectivity index (χ0) is 13.9. The highest BCUT2D eigenvalue weighted by atomic mass is 35.5. The van der Waals surface area contributed by atoms with E-state index in [-0.39, 0.29) is 5.92 Å². The third kappa shape index (κ3) is 3.58. The highest BCUT2D eigenvalue weighted by Gasteiger charge is 2.15. The highest BCUT2D eigenvalue weighted by molar-refractivity contribution is 6.30. The van der Waals surface area contributed by atoms with Crippen molar-refractivity contribution in [1.29, 1.82) is 0 Å². The number of nitrogens with zero attached hydrogens (tertiary/aromatic N) is 2. The van der Waals surface area contributed by atoms with E-state index in [1.165, 1.54) is 0 Å². The van der Waals surface area contributed by atoms with Crippen LogP contribution in [0, 0.1) is 12.8 Å². The molecule has 4 heteroatoms. The molecule has 1 heterocycles. The molecule has 1 aromatic rings. The lowest BCUT2D eigenvalue weighted by Crippen LogP contribution is -2.24. The highest BCUT2D eigenvalue weighted by Crippen LogP contribution is 2.24. The maximum absolute atomic E-state index is 6.17. The average Bonchev–Trinajstić information content (AvgIpc) is 2.33. The molecule has 0 saturated carbocycles. The zero-order valence-corrected chi connectivity index (χ0v) is 13.0. The van der Waals surface area contributed by atoms with Gasteiger partial charge in [0.2, 0.25) is 0 Å². The molecule has 0 radical (unpaired) electrons. The summed E-state index contributed by atoms with van der Waals surface area (Å²) in [6.07, 6.45) is 1.14.